The molecular weight excluding hydrogens is 332 g/mol. The third-order valence-electron chi connectivity index (χ3n) is 3.96. The Morgan fingerprint density at radius 1 is 1.26 bits per heavy atom. The number of carbonyl (C=O) groups excluding carboxylic acids is 1. The lowest BCUT2D eigenvalue weighted by Crippen LogP contribution is -2.38. The molecule has 2 aromatic rings. The van der Waals surface area contributed by atoms with Gasteiger partial charge in [-0.3, -0.25) is 0 Å². The Kier molecular flexibility index (Phi) is 5.54. The molecule has 4 nitrogen and oxygen atoms in total. The summed E-state index contributed by atoms with van der Waals surface area (Å²) in [6.07, 6.45) is 1.92. The minimum absolute atomic E-state index is 0.0121. The summed E-state index contributed by atoms with van der Waals surface area (Å²) in [5.41, 5.74) is 0.687. The average molecular weight is 351 g/mol. The molecule has 2 heterocycles. The first kappa shape index (κ1) is 16.3. The van der Waals surface area contributed by atoms with Crippen molar-refractivity contribution in [3.63, 3.8) is 0 Å². The van der Waals surface area contributed by atoms with E-state index >= 15 is 0 Å². The van der Waals surface area contributed by atoms with Crippen LogP contribution in [-0.2, 0) is 4.74 Å². The summed E-state index contributed by atoms with van der Waals surface area (Å²) in [6, 6.07) is 11.0. The molecule has 1 aliphatic rings. The lowest BCUT2D eigenvalue weighted by molar-refractivity contribution is 0.0555. The first-order valence-corrected chi connectivity index (χ1v) is 8.92. The molecule has 2 amide bonds. The van der Waals surface area contributed by atoms with Crippen molar-refractivity contribution in [3.05, 3.63) is 51.7 Å². The molecule has 1 atom stereocenters. The molecule has 122 valence electrons. The maximum Gasteiger partial charge on any atom is 0.319 e. The maximum atomic E-state index is 12.4. The molecule has 2 N–H and O–H groups in total. The van der Waals surface area contributed by atoms with E-state index in [1.54, 1.807) is 23.5 Å². The van der Waals surface area contributed by atoms with Crippen molar-refractivity contribution >= 4 is 34.7 Å². The van der Waals surface area contributed by atoms with Crippen LogP contribution in [0, 0.1) is 5.92 Å². The van der Waals surface area contributed by atoms with Crippen LogP contribution in [0.1, 0.15) is 23.8 Å². The minimum atomic E-state index is -0.211. The number of ether oxygens (including phenoxy) is 1. The van der Waals surface area contributed by atoms with Gasteiger partial charge in [-0.25, -0.2) is 4.79 Å². The van der Waals surface area contributed by atoms with E-state index in [1.165, 1.54) is 4.88 Å². The molecule has 0 saturated carbocycles. The largest absolute Gasteiger partial charge is 0.381 e. The third kappa shape index (κ3) is 4.47. The molecule has 1 fully saturated rings. The van der Waals surface area contributed by atoms with Crippen LogP contribution in [0.3, 0.4) is 0 Å². The first-order valence-electron chi connectivity index (χ1n) is 7.66. The summed E-state index contributed by atoms with van der Waals surface area (Å²) >= 11 is 7.62. The van der Waals surface area contributed by atoms with Gasteiger partial charge >= 0.3 is 6.03 Å². The fourth-order valence-corrected chi connectivity index (χ4v) is 3.87. The molecule has 1 aliphatic heterocycles. The van der Waals surface area contributed by atoms with E-state index in [0.717, 1.165) is 26.1 Å². The molecule has 1 unspecified atom stereocenters. The molecule has 0 aliphatic carbocycles. The zero-order valence-corrected chi connectivity index (χ0v) is 14.2. The Bertz CT molecular complexity index is 642. The number of urea groups is 1. The summed E-state index contributed by atoms with van der Waals surface area (Å²) in [7, 11) is 0. The number of nitrogens with one attached hydrogen (secondary N) is 2. The number of halogens is 1. The Labute approximate surface area is 144 Å². The van der Waals surface area contributed by atoms with E-state index in [0.29, 0.717) is 16.6 Å². The van der Waals surface area contributed by atoms with E-state index < -0.39 is 0 Å². The summed E-state index contributed by atoms with van der Waals surface area (Å²) in [6.45, 7) is 1.51. The highest BCUT2D eigenvalue weighted by atomic mass is 35.5. The van der Waals surface area contributed by atoms with E-state index in [2.05, 4.69) is 16.7 Å². The van der Waals surface area contributed by atoms with E-state index in [9.17, 15) is 4.79 Å². The smallest absolute Gasteiger partial charge is 0.319 e. The number of rotatable bonds is 4. The monoisotopic (exact) mass is 350 g/mol. The predicted octanol–water partition coefficient (Wildman–Crippen LogP) is 4.69. The van der Waals surface area contributed by atoms with E-state index in [4.69, 9.17) is 16.3 Å². The molecule has 23 heavy (non-hydrogen) atoms. The van der Waals surface area contributed by atoms with Crippen LogP contribution in [-0.4, -0.2) is 19.2 Å². The van der Waals surface area contributed by atoms with Gasteiger partial charge in [-0.1, -0.05) is 23.7 Å². The maximum absolute atomic E-state index is 12.4. The second-order valence-electron chi connectivity index (χ2n) is 5.55. The van der Waals surface area contributed by atoms with Crippen LogP contribution in [0.15, 0.2) is 41.8 Å². The van der Waals surface area contributed by atoms with Crippen LogP contribution in [0.25, 0.3) is 0 Å². The van der Waals surface area contributed by atoms with Gasteiger partial charge in [0, 0.05) is 28.8 Å². The number of anilines is 1. The predicted molar refractivity (Wildman–Crippen MR) is 94.2 cm³/mol. The number of amides is 2. The normalized spacial score (nSPS) is 16.7. The SMILES string of the molecule is O=C(Nc1cccc(Cl)c1)NC(c1cccs1)C1CCOCC1. The van der Waals surface area contributed by atoms with Crippen LogP contribution >= 0.6 is 22.9 Å². The Hall–Kier alpha value is -1.56. The van der Waals surface area contributed by atoms with Crippen LogP contribution in [0.4, 0.5) is 10.5 Å². The average Bonchev–Trinajstić information content (AvgIpc) is 3.07. The number of thiophene rings is 1. The highest BCUT2D eigenvalue weighted by molar-refractivity contribution is 7.10. The van der Waals surface area contributed by atoms with Crippen molar-refractivity contribution in [1.29, 1.82) is 0 Å². The zero-order valence-electron chi connectivity index (χ0n) is 12.6. The number of hydrogen-bond donors (Lipinski definition) is 2. The molecule has 0 radical (unpaired) electrons. The molecule has 1 saturated heterocycles. The Morgan fingerprint density at radius 2 is 2.09 bits per heavy atom. The number of carbonyl (C=O) groups is 1. The summed E-state index contributed by atoms with van der Waals surface area (Å²) in [5.74, 6) is 0.396. The zero-order chi connectivity index (χ0) is 16.1. The minimum Gasteiger partial charge on any atom is -0.381 e. The van der Waals surface area contributed by atoms with Gasteiger partial charge < -0.3 is 15.4 Å². The second-order valence-corrected chi connectivity index (χ2v) is 6.97. The molecule has 0 spiro atoms. The van der Waals surface area contributed by atoms with Crippen molar-refractivity contribution in [2.24, 2.45) is 5.92 Å². The Balaban J connectivity index is 1.69. The Morgan fingerprint density at radius 3 is 2.78 bits per heavy atom. The second kappa shape index (κ2) is 7.81. The summed E-state index contributed by atoms with van der Waals surface area (Å²) in [4.78, 5) is 13.6. The van der Waals surface area contributed by atoms with Gasteiger partial charge in [0.1, 0.15) is 0 Å². The van der Waals surface area contributed by atoms with Crippen molar-refractivity contribution in [1.82, 2.24) is 5.32 Å². The quantitative estimate of drug-likeness (QED) is 0.840. The number of hydrogen-bond acceptors (Lipinski definition) is 3. The van der Waals surface area contributed by atoms with Crippen LogP contribution in [0.2, 0.25) is 5.02 Å². The van der Waals surface area contributed by atoms with Gasteiger partial charge in [0.25, 0.3) is 0 Å². The van der Waals surface area contributed by atoms with Gasteiger partial charge in [0.15, 0.2) is 0 Å². The highest BCUT2D eigenvalue weighted by Gasteiger charge is 2.27. The lowest BCUT2D eigenvalue weighted by Gasteiger charge is -2.30. The van der Waals surface area contributed by atoms with Gasteiger partial charge in [-0.05, 0) is 48.4 Å². The van der Waals surface area contributed by atoms with Crippen LogP contribution < -0.4 is 10.6 Å². The van der Waals surface area contributed by atoms with Crippen molar-refractivity contribution in [2.45, 2.75) is 18.9 Å². The topological polar surface area (TPSA) is 50.4 Å². The summed E-state index contributed by atoms with van der Waals surface area (Å²) < 4.78 is 5.44. The molecule has 6 heteroatoms. The molecule has 1 aromatic carbocycles. The van der Waals surface area contributed by atoms with Gasteiger partial charge in [0.2, 0.25) is 0 Å². The van der Waals surface area contributed by atoms with Crippen molar-refractivity contribution < 1.29 is 9.53 Å². The number of benzene rings is 1. The fraction of sp³-hybridized carbons (Fsp3) is 0.353. The van der Waals surface area contributed by atoms with Crippen molar-refractivity contribution in [3.8, 4) is 0 Å². The molecule has 3 rings (SSSR count). The van der Waals surface area contributed by atoms with E-state index in [-0.39, 0.29) is 12.1 Å². The van der Waals surface area contributed by atoms with Crippen LogP contribution in [0.5, 0.6) is 0 Å². The third-order valence-corrected chi connectivity index (χ3v) is 5.15. The van der Waals surface area contributed by atoms with Gasteiger partial charge in [-0.2, -0.15) is 0 Å². The fourth-order valence-electron chi connectivity index (χ4n) is 2.81. The molecular formula is C17H19ClN2O2S. The van der Waals surface area contributed by atoms with Gasteiger partial charge in [0.05, 0.1) is 6.04 Å². The van der Waals surface area contributed by atoms with E-state index in [1.807, 2.05) is 23.6 Å². The standard InChI is InChI=1S/C17H19ClN2O2S/c18-13-3-1-4-14(11-13)19-17(21)20-16(15-5-2-10-23-15)12-6-8-22-9-7-12/h1-5,10-12,16H,6-9H2,(H2,19,20,21). The highest BCUT2D eigenvalue weighted by Crippen LogP contribution is 2.32. The molecule has 1 aromatic heterocycles. The first-order chi connectivity index (χ1) is 11.2. The van der Waals surface area contributed by atoms with Gasteiger partial charge in [-0.15, -0.1) is 11.3 Å². The molecule has 0 bridgehead atoms. The lowest BCUT2D eigenvalue weighted by atomic mass is 9.91. The van der Waals surface area contributed by atoms with Crippen molar-refractivity contribution in [2.75, 3.05) is 18.5 Å². The summed E-state index contributed by atoms with van der Waals surface area (Å²) in [5, 5.41) is 8.61.